The van der Waals surface area contributed by atoms with Gasteiger partial charge in [0.15, 0.2) is 0 Å². The van der Waals surface area contributed by atoms with E-state index in [4.69, 9.17) is 4.74 Å². The minimum atomic E-state index is -0.482. The lowest BCUT2D eigenvalue weighted by atomic mass is 10.1. The number of nitrogens with zero attached hydrogens (tertiary/aromatic N) is 2. The van der Waals surface area contributed by atoms with Crippen molar-refractivity contribution in [2.75, 3.05) is 18.1 Å². The molecule has 0 bridgehead atoms. The van der Waals surface area contributed by atoms with Gasteiger partial charge in [0.1, 0.15) is 0 Å². The molecule has 7 nitrogen and oxygen atoms in total. The number of nitrogens with one attached hydrogen (secondary N) is 1. The third-order valence-electron chi connectivity index (χ3n) is 4.36. The fourth-order valence-corrected chi connectivity index (χ4v) is 3.03. The topological polar surface area (TPSA) is 88.6 Å². The van der Waals surface area contributed by atoms with Crippen LogP contribution in [-0.4, -0.2) is 35.9 Å². The Morgan fingerprint density at radius 2 is 2.00 bits per heavy atom. The van der Waals surface area contributed by atoms with Crippen molar-refractivity contribution in [3.8, 4) is 0 Å². The Morgan fingerprint density at radius 1 is 1.22 bits per heavy atom. The molecule has 7 heteroatoms. The van der Waals surface area contributed by atoms with Crippen LogP contribution in [0, 0.1) is 5.92 Å². The number of benzene rings is 1. The highest BCUT2D eigenvalue weighted by molar-refractivity contribution is 6.05. The second-order valence-electron chi connectivity index (χ2n) is 6.18. The first-order chi connectivity index (χ1) is 13.1. The van der Waals surface area contributed by atoms with Gasteiger partial charge in [-0.25, -0.2) is 4.79 Å². The number of pyridine rings is 1. The normalized spacial score (nSPS) is 16.3. The SMILES string of the molecule is CCOC(=O)c1ccccc1N1CC(C(=O)NCc2ccccn2)CC1=O. The second-order valence-corrected chi connectivity index (χ2v) is 6.18. The van der Waals surface area contributed by atoms with Crippen LogP contribution < -0.4 is 10.2 Å². The Hall–Kier alpha value is -3.22. The average Bonchev–Trinajstić information content (AvgIpc) is 3.09. The molecule has 1 aromatic carbocycles. The molecule has 0 aliphatic carbocycles. The van der Waals surface area contributed by atoms with Crippen LogP contribution in [-0.2, 0) is 20.9 Å². The molecule has 1 fully saturated rings. The van der Waals surface area contributed by atoms with Crippen molar-refractivity contribution in [3.63, 3.8) is 0 Å². The molecule has 0 spiro atoms. The molecule has 1 unspecified atom stereocenters. The molecule has 0 radical (unpaired) electrons. The van der Waals surface area contributed by atoms with Crippen LogP contribution in [0.2, 0.25) is 0 Å². The van der Waals surface area contributed by atoms with Crippen LogP contribution >= 0.6 is 0 Å². The third kappa shape index (κ3) is 4.31. The monoisotopic (exact) mass is 367 g/mol. The number of esters is 1. The maximum Gasteiger partial charge on any atom is 0.340 e. The number of ether oxygens (including phenoxy) is 1. The Morgan fingerprint density at radius 3 is 2.74 bits per heavy atom. The van der Waals surface area contributed by atoms with Crippen molar-refractivity contribution in [3.05, 3.63) is 59.9 Å². The van der Waals surface area contributed by atoms with Gasteiger partial charge < -0.3 is 15.0 Å². The van der Waals surface area contributed by atoms with Gasteiger partial charge in [0.25, 0.3) is 0 Å². The molecule has 140 valence electrons. The maximum atomic E-state index is 12.5. The first kappa shape index (κ1) is 18.6. The van der Waals surface area contributed by atoms with E-state index in [1.807, 2.05) is 12.1 Å². The van der Waals surface area contributed by atoms with Gasteiger partial charge in [0, 0.05) is 19.2 Å². The quantitative estimate of drug-likeness (QED) is 0.788. The molecule has 27 heavy (non-hydrogen) atoms. The average molecular weight is 367 g/mol. The largest absolute Gasteiger partial charge is 0.462 e. The van der Waals surface area contributed by atoms with Gasteiger partial charge in [-0.05, 0) is 31.2 Å². The van der Waals surface area contributed by atoms with Gasteiger partial charge in [0.05, 0.1) is 36.0 Å². The van der Waals surface area contributed by atoms with Gasteiger partial charge in [-0.2, -0.15) is 0 Å². The molecular weight excluding hydrogens is 346 g/mol. The molecule has 0 saturated carbocycles. The second kappa shape index (κ2) is 8.44. The lowest BCUT2D eigenvalue weighted by Gasteiger charge is -2.19. The van der Waals surface area contributed by atoms with Gasteiger partial charge >= 0.3 is 5.97 Å². The van der Waals surface area contributed by atoms with E-state index in [0.717, 1.165) is 5.69 Å². The minimum absolute atomic E-state index is 0.102. The summed E-state index contributed by atoms with van der Waals surface area (Å²) >= 11 is 0. The first-order valence-corrected chi connectivity index (χ1v) is 8.84. The van der Waals surface area contributed by atoms with E-state index in [1.54, 1.807) is 43.5 Å². The summed E-state index contributed by atoms with van der Waals surface area (Å²) in [5.41, 5.74) is 1.54. The summed E-state index contributed by atoms with van der Waals surface area (Å²) in [6.07, 6.45) is 1.76. The molecule has 2 aromatic rings. The Bertz CT molecular complexity index is 838. The predicted molar refractivity (Wildman–Crippen MR) is 98.9 cm³/mol. The van der Waals surface area contributed by atoms with Crippen LogP contribution in [0.4, 0.5) is 5.69 Å². The van der Waals surface area contributed by atoms with Gasteiger partial charge in [0.2, 0.25) is 11.8 Å². The Labute approximate surface area is 157 Å². The number of hydrogen-bond acceptors (Lipinski definition) is 5. The van der Waals surface area contributed by atoms with Crippen molar-refractivity contribution in [2.45, 2.75) is 19.9 Å². The first-order valence-electron chi connectivity index (χ1n) is 8.84. The summed E-state index contributed by atoms with van der Waals surface area (Å²) in [5.74, 6) is -1.35. The minimum Gasteiger partial charge on any atom is -0.462 e. The van der Waals surface area contributed by atoms with Crippen LogP contribution in [0.5, 0.6) is 0 Å². The smallest absolute Gasteiger partial charge is 0.340 e. The van der Waals surface area contributed by atoms with Crippen LogP contribution in [0.15, 0.2) is 48.7 Å². The molecule has 1 atom stereocenters. The summed E-state index contributed by atoms with van der Waals surface area (Å²) < 4.78 is 5.06. The van der Waals surface area contributed by atoms with E-state index < -0.39 is 11.9 Å². The fourth-order valence-electron chi connectivity index (χ4n) is 3.03. The Balaban J connectivity index is 1.69. The summed E-state index contributed by atoms with van der Waals surface area (Å²) in [5, 5.41) is 2.82. The van der Waals surface area contributed by atoms with E-state index >= 15 is 0 Å². The van der Waals surface area contributed by atoms with Crippen molar-refractivity contribution in [1.82, 2.24) is 10.3 Å². The molecule has 1 saturated heterocycles. The molecule has 3 rings (SSSR count). The molecular formula is C20H21N3O4. The molecule has 1 N–H and O–H groups in total. The third-order valence-corrected chi connectivity index (χ3v) is 4.36. The van der Waals surface area contributed by atoms with Crippen LogP contribution in [0.3, 0.4) is 0 Å². The zero-order chi connectivity index (χ0) is 19.2. The van der Waals surface area contributed by atoms with E-state index in [9.17, 15) is 14.4 Å². The number of para-hydroxylation sites is 1. The summed E-state index contributed by atoms with van der Waals surface area (Å²) in [7, 11) is 0. The summed E-state index contributed by atoms with van der Waals surface area (Å²) in [6, 6.07) is 12.3. The number of amides is 2. The highest BCUT2D eigenvalue weighted by Gasteiger charge is 2.36. The number of carbonyl (C=O) groups is 3. The molecule has 1 aliphatic rings. The van der Waals surface area contributed by atoms with E-state index in [2.05, 4.69) is 10.3 Å². The number of rotatable bonds is 6. The molecule has 1 aliphatic heterocycles. The number of hydrogen-bond donors (Lipinski definition) is 1. The van der Waals surface area contributed by atoms with E-state index in [1.165, 1.54) is 4.90 Å². The lowest BCUT2D eigenvalue weighted by Crippen LogP contribution is -2.33. The van der Waals surface area contributed by atoms with Crippen molar-refractivity contribution in [1.29, 1.82) is 0 Å². The van der Waals surface area contributed by atoms with Crippen LogP contribution in [0.25, 0.3) is 0 Å². The maximum absolute atomic E-state index is 12.5. The predicted octanol–water partition coefficient (Wildman–Crippen LogP) is 1.93. The number of aromatic nitrogens is 1. The molecule has 2 amide bonds. The summed E-state index contributed by atoms with van der Waals surface area (Å²) in [6.45, 7) is 2.51. The van der Waals surface area contributed by atoms with E-state index in [0.29, 0.717) is 17.8 Å². The summed E-state index contributed by atoms with van der Waals surface area (Å²) in [4.78, 5) is 42.7. The van der Waals surface area contributed by atoms with Gasteiger partial charge in [-0.1, -0.05) is 18.2 Å². The van der Waals surface area contributed by atoms with Crippen LogP contribution in [0.1, 0.15) is 29.4 Å². The van der Waals surface area contributed by atoms with Crippen molar-refractivity contribution in [2.24, 2.45) is 5.92 Å². The van der Waals surface area contributed by atoms with Crippen molar-refractivity contribution < 1.29 is 19.1 Å². The molecule has 1 aromatic heterocycles. The zero-order valence-electron chi connectivity index (χ0n) is 15.1. The van der Waals surface area contributed by atoms with Gasteiger partial charge in [-0.3, -0.25) is 14.6 Å². The standard InChI is InChI=1S/C20H21N3O4/c1-2-27-20(26)16-8-3-4-9-17(16)23-13-14(11-18(23)24)19(25)22-12-15-7-5-6-10-21-15/h3-10,14H,2,11-13H2,1H3,(H,22,25). The van der Waals surface area contributed by atoms with Gasteiger partial charge in [-0.15, -0.1) is 0 Å². The zero-order valence-corrected chi connectivity index (χ0v) is 15.1. The number of carbonyl (C=O) groups excluding carboxylic acids is 3. The fraction of sp³-hybridized carbons (Fsp3) is 0.300. The highest BCUT2D eigenvalue weighted by Crippen LogP contribution is 2.28. The highest BCUT2D eigenvalue weighted by atomic mass is 16.5. The van der Waals surface area contributed by atoms with E-state index in [-0.39, 0.29) is 31.4 Å². The Kier molecular flexibility index (Phi) is 5.80. The lowest BCUT2D eigenvalue weighted by molar-refractivity contribution is -0.126. The van der Waals surface area contributed by atoms with Crippen molar-refractivity contribution >= 4 is 23.5 Å². The number of anilines is 1. The molecule has 2 heterocycles.